The minimum atomic E-state index is -5.08. The Morgan fingerprint density at radius 2 is 1.78 bits per heavy atom. The number of alkyl halides is 3. The van der Waals surface area contributed by atoms with E-state index in [4.69, 9.17) is 9.90 Å². The maximum Gasteiger partial charge on any atom is 0.490 e. The van der Waals surface area contributed by atoms with Gasteiger partial charge in [0.2, 0.25) is 5.91 Å². The molecule has 12 heteroatoms. The zero-order chi connectivity index (χ0) is 26.7. The lowest BCUT2D eigenvalue weighted by Crippen LogP contribution is -2.47. The van der Waals surface area contributed by atoms with Crippen LogP contribution in [-0.2, 0) is 29.1 Å². The van der Waals surface area contributed by atoms with Gasteiger partial charge in [0.05, 0.1) is 6.54 Å². The Bertz CT molecular complexity index is 1300. The zero-order valence-corrected chi connectivity index (χ0v) is 21.3. The number of anilines is 3. The number of carboxylic acid groups (broad SMARTS) is 1. The van der Waals surface area contributed by atoms with E-state index in [0.717, 1.165) is 41.1 Å². The second kappa shape index (κ2) is 10.8. The minimum absolute atomic E-state index is 0.0267. The van der Waals surface area contributed by atoms with Crippen LogP contribution in [0.25, 0.3) is 0 Å². The summed E-state index contributed by atoms with van der Waals surface area (Å²) in [6.45, 7) is 3.99. The third-order valence-electron chi connectivity index (χ3n) is 5.99. The van der Waals surface area contributed by atoms with Gasteiger partial charge in [0.1, 0.15) is 18.1 Å². The molecule has 8 nitrogen and oxygen atoms in total. The molecule has 0 spiro atoms. The molecule has 3 aromatic rings. The molecule has 5 rings (SSSR count). The predicted octanol–water partition coefficient (Wildman–Crippen LogP) is 4.78. The molecule has 0 saturated heterocycles. The van der Waals surface area contributed by atoms with Crippen LogP contribution >= 0.6 is 15.9 Å². The lowest BCUT2D eigenvalue weighted by Gasteiger charge is -2.38. The number of halogens is 4. The van der Waals surface area contributed by atoms with Crippen molar-refractivity contribution in [3.05, 3.63) is 76.0 Å². The fourth-order valence-corrected chi connectivity index (χ4v) is 4.44. The van der Waals surface area contributed by atoms with Crippen molar-refractivity contribution in [1.82, 2.24) is 9.97 Å². The highest BCUT2D eigenvalue weighted by Crippen LogP contribution is 2.39. The largest absolute Gasteiger partial charge is 0.490 e. The first-order valence-electron chi connectivity index (χ1n) is 11.3. The van der Waals surface area contributed by atoms with Crippen LogP contribution in [0.1, 0.15) is 23.6 Å². The van der Waals surface area contributed by atoms with Crippen LogP contribution in [0.2, 0.25) is 0 Å². The van der Waals surface area contributed by atoms with Crippen LogP contribution in [0, 0.1) is 0 Å². The average Bonchev–Trinajstić information content (AvgIpc) is 2.87. The van der Waals surface area contributed by atoms with Crippen molar-refractivity contribution in [3.8, 4) is 0 Å². The molecule has 1 amide bonds. The second-order valence-electron chi connectivity index (χ2n) is 8.55. The number of nitrogens with zero attached hydrogens (tertiary/aromatic N) is 4. The molecule has 1 unspecified atom stereocenters. The molecule has 0 fully saturated rings. The highest BCUT2D eigenvalue weighted by atomic mass is 79.9. The van der Waals surface area contributed by atoms with Crippen LogP contribution in [0.3, 0.4) is 0 Å². The number of carbonyl (C=O) groups is 2. The van der Waals surface area contributed by atoms with Crippen molar-refractivity contribution in [2.75, 3.05) is 21.7 Å². The summed E-state index contributed by atoms with van der Waals surface area (Å²) in [5.41, 5.74) is 4.51. The van der Waals surface area contributed by atoms with E-state index in [9.17, 15) is 18.0 Å². The summed E-state index contributed by atoms with van der Waals surface area (Å²) >= 11 is 3.48. The SMILES string of the molecule is CC1Nc2ncnc(N3CCc4ccccc4C3)c2N(Cc2ccc(Br)cc2)C1=O.O=C(O)C(F)(F)F. The van der Waals surface area contributed by atoms with Gasteiger partial charge in [-0.3, -0.25) is 9.69 Å². The lowest BCUT2D eigenvalue weighted by atomic mass is 9.99. The van der Waals surface area contributed by atoms with E-state index in [0.29, 0.717) is 12.4 Å². The normalized spacial score (nSPS) is 16.7. The number of hydrogen-bond acceptors (Lipinski definition) is 6. The first-order valence-corrected chi connectivity index (χ1v) is 12.1. The van der Waals surface area contributed by atoms with E-state index in [2.05, 4.69) is 60.4 Å². The molecule has 1 aromatic heterocycles. The van der Waals surface area contributed by atoms with E-state index in [-0.39, 0.29) is 11.9 Å². The second-order valence-corrected chi connectivity index (χ2v) is 9.47. The van der Waals surface area contributed by atoms with Gasteiger partial charge in [-0.15, -0.1) is 0 Å². The number of aliphatic carboxylic acids is 1. The summed E-state index contributed by atoms with van der Waals surface area (Å²) in [4.78, 5) is 35.2. The first-order chi connectivity index (χ1) is 17.5. The van der Waals surface area contributed by atoms with Crippen LogP contribution in [0.5, 0.6) is 0 Å². The molecular formula is C25H23BrF3N5O3. The Morgan fingerprint density at radius 3 is 2.43 bits per heavy atom. The van der Waals surface area contributed by atoms with Crippen molar-refractivity contribution in [2.45, 2.75) is 38.7 Å². The molecule has 3 heterocycles. The van der Waals surface area contributed by atoms with Crippen LogP contribution in [0.4, 0.5) is 30.5 Å². The molecule has 2 aromatic carbocycles. The average molecular weight is 578 g/mol. The van der Waals surface area contributed by atoms with Crippen LogP contribution in [-0.4, -0.2) is 45.7 Å². The first kappa shape index (κ1) is 26.4. The quantitative estimate of drug-likeness (QED) is 0.462. The fourth-order valence-electron chi connectivity index (χ4n) is 4.17. The van der Waals surface area contributed by atoms with E-state index in [1.165, 1.54) is 11.1 Å². The van der Waals surface area contributed by atoms with Crippen molar-refractivity contribution in [3.63, 3.8) is 0 Å². The maximum atomic E-state index is 13.2. The topological polar surface area (TPSA) is 98.7 Å². The Kier molecular flexibility index (Phi) is 7.67. The summed E-state index contributed by atoms with van der Waals surface area (Å²) in [6.07, 6.45) is -2.54. The summed E-state index contributed by atoms with van der Waals surface area (Å²) in [7, 11) is 0. The molecule has 0 radical (unpaired) electrons. The lowest BCUT2D eigenvalue weighted by molar-refractivity contribution is -0.192. The number of amides is 1. The molecule has 0 aliphatic carbocycles. The Hall–Kier alpha value is -3.67. The number of carbonyl (C=O) groups excluding carboxylic acids is 1. The smallest absolute Gasteiger partial charge is 0.475 e. The van der Waals surface area contributed by atoms with Gasteiger partial charge in [-0.2, -0.15) is 13.2 Å². The van der Waals surface area contributed by atoms with Gasteiger partial charge in [-0.05, 0) is 42.2 Å². The molecule has 0 bridgehead atoms. The number of aromatic nitrogens is 2. The maximum absolute atomic E-state index is 13.2. The van der Waals surface area contributed by atoms with Gasteiger partial charge in [0, 0.05) is 17.6 Å². The molecule has 194 valence electrons. The van der Waals surface area contributed by atoms with Gasteiger partial charge in [-0.1, -0.05) is 52.3 Å². The molecule has 2 aliphatic heterocycles. The van der Waals surface area contributed by atoms with E-state index in [1.807, 2.05) is 36.1 Å². The van der Waals surface area contributed by atoms with Gasteiger partial charge in [0.25, 0.3) is 0 Å². The van der Waals surface area contributed by atoms with Crippen molar-refractivity contribution >= 4 is 45.1 Å². The fraction of sp³-hybridized carbons (Fsp3) is 0.280. The summed E-state index contributed by atoms with van der Waals surface area (Å²) in [6, 6.07) is 16.2. The molecular weight excluding hydrogens is 555 g/mol. The minimum Gasteiger partial charge on any atom is -0.475 e. The van der Waals surface area contributed by atoms with Gasteiger partial charge in [-0.25, -0.2) is 14.8 Å². The van der Waals surface area contributed by atoms with Crippen LogP contribution in [0.15, 0.2) is 59.3 Å². The molecule has 0 saturated carbocycles. The van der Waals surface area contributed by atoms with Crippen LogP contribution < -0.4 is 15.1 Å². The van der Waals surface area contributed by atoms with Crippen molar-refractivity contribution in [1.29, 1.82) is 0 Å². The molecule has 1 atom stereocenters. The van der Waals surface area contributed by atoms with Crippen molar-refractivity contribution in [2.24, 2.45) is 0 Å². The summed E-state index contributed by atoms with van der Waals surface area (Å²) < 4.78 is 32.8. The number of carboxylic acids is 1. The third-order valence-corrected chi connectivity index (χ3v) is 6.52. The molecule has 2 aliphatic rings. The Balaban J connectivity index is 0.000000405. The number of benzene rings is 2. The van der Waals surface area contributed by atoms with E-state index >= 15 is 0 Å². The molecule has 2 N–H and O–H groups in total. The molecule has 37 heavy (non-hydrogen) atoms. The number of fused-ring (bicyclic) bond motifs is 2. The van der Waals surface area contributed by atoms with Gasteiger partial charge < -0.3 is 15.3 Å². The number of nitrogens with one attached hydrogen (secondary N) is 1. The van der Waals surface area contributed by atoms with Crippen molar-refractivity contribution < 1.29 is 27.9 Å². The van der Waals surface area contributed by atoms with E-state index in [1.54, 1.807) is 6.33 Å². The Labute approximate surface area is 219 Å². The van der Waals surface area contributed by atoms with Gasteiger partial charge in [0.15, 0.2) is 11.6 Å². The zero-order valence-electron chi connectivity index (χ0n) is 19.7. The highest BCUT2D eigenvalue weighted by molar-refractivity contribution is 9.10. The standard InChI is InChI=1S/C23H22BrN5O.C2HF3O2/c1-15-23(30)29(12-16-6-8-19(24)9-7-16)20-21(27-15)25-14-26-22(20)28-11-10-17-4-2-3-5-18(17)13-28;3-2(4,5)1(6)7/h2-9,14-15H,10-13H2,1H3,(H,25,26,27);(H,6,7). The van der Waals surface area contributed by atoms with E-state index < -0.39 is 12.1 Å². The van der Waals surface area contributed by atoms with Gasteiger partial charge >= 0.3 is 12.1 Å². The third kappa shape index (κ3) is 6.01. The summed E-state index contributed by atoms with van der Waals surface area (Å²) in [5.74, 6) is -1.21. The Morgan fingerprint density at radius 1 is 1.14 bits per heavy atom. The summed E-state index contributed by atoms with van der Waals surface area (Å²) in [5, 5.41) is 10.4. The number of hydrogen-bond donors (Lipinski definition) is 2. The number of rotatable bonds is 3. The highest BCUT2D eigenvalue weighted by Gasteiger charge is 2.38. The predicted molar refractivity (Wildman–Crippen MR) is 135 cm³/mol. The monoisotopic (exact) mass is 577 g/mol.